The fourth-order valence-corrected chi connectivity index (χ4v) is 3.98. The highest BCUT2D eigenvalue weighted by molar-refractivity contribution is 5.67. The van der Waals surface area contributed by atoms with E-state index in [-0.39, 0.29) is 6.09 Å². The van der Waals surface area contributed by atoms with Gasteiger partial charge in [-0.3, -0.25) is 0 Å². The maximum atomic E-state index is 12.0. The average Bonchev–Trinajstić information content (AvgIpc) is 2.90. The Morgan fingerprint density at radius 1 is 0.649 bits per heavy atom. The van der Waals surface area contributed by atoms with Gasteiger partial charge in [0.25, 0.3) is 0 Å². The third-order valence-electron chi connectivity index (χ3n) is 5.74. The van der Waals surface area contributed by atoms with Gasteiger partial charge in [-0.1, -0.05) is 91.0 Å². The molecule has 3 rings (SSSR count). The van der Waals surface area contributed by atoms with E-state index in [9.17, 15) is 4.79 Å². The van der Waals surface area contributed by atoms with Crippen molar-refractivity contribution in [2.24, 2.45) is 0 Å². The second-order valence-electron chi connectivity index (χ2n) is 9.75. The van der Waals surface area contributed by atoms with Crippen LogP contribution in [0, 0.1) is 0 Å². The first kappa shape index (κ1) is 28.4. The molecule has 1 amide bonds. The Kier molecular flexibility index (Phi) is 10.7. The van der Waals surface area contributed by atoms with Crippen LogP contribution in [0.25, 0.3) is 0 Å². The first-order valence-electron chi connectivity index (χ1n) is 12.7. The Hall–Kier alpha value is -3.19. The molecule has 3 aromatic carbocycles. The lowest BCUT2D eigenvalue weighted by Crippen LogP contribution is -2.36. The average molecular weight is 506 g/mol. The van der Waals surface area contributed by atoms with Crippen molar-refractivity contribution in [3.8, 4) is 0 Å². The second kappa shape index (κ2) is 13.9. The van der Waals surface area contributed by atoms with E-state index in [0.29, 0.717) is 39.6 Å². The Balaban J connectivity index is 1.52. The molecule has 0 saturated heterocycles. The summed E-state index contributed by atoms with van der Waals surface area (Å²) in [6.07, 6.45) is -0.358. The van der Waals surface area contributed by atoms with Crippen LogP contribution in [0.4, 0.5) is 4.79 Å². The zero-order chi connectivity index (χ0) is 26.6. The lowest BCUT2D eigenvalue weighted by molar-refractivity contribution is -0.0343. The van der Waals surface area contributed by atoms with Crippen molar-refractivity contribution in [2.45, 2.75) is 32.0 Å². The molecule has 0 spiro atoms. The monoisotopic (exact) mass is 505 g/mol. The van der Waals surface area contributed by atoms with Crippen molar-refractivity contribution >= 4 is 6.09 Å². The van der Waals surface area contributed by atoms with Crippen LogP contribution in [-0.2, 0) is 24.5 Å². The molecular formula is C31H39NO5. The quantitative estimate of drug-likeness (QED) is 0.214. The molecule has 6 heteroatoms. The van der Waals surface area contributed by atoms with Crippen LogP contribution < -0.4 is 0 Å². The summed E-state index contributed by atoms with van der Waals surface area (Å²) >= 11 is 0. The summed E-state index contributed by atoms with van der Waals surface area (Å²) in [6.45, 7) is 8.10. The number of carbonyl (C=O) groups excluding carboxylic acids is 1. The van der Waals surface area contributed by atoms with Crippen molar-refractivity contribution in [2.75, 3.05) is 46.6 Å². The molecule has 0 bridgehead atoms. The van der Waals surface area contributed by atoms with Gasteiger partial charge >= 0.3 is 6.09 Å². The van der Waals surface area contributed by atoms with Gasteiger partial charge in [0.1, 0.15) is 11.2 Å². The third kappa shape index (κ3) is 8.42. The fraction of sp³-hybridized carbons (Fsp3) is 0.387. The van der Waals surface area contributed by atoms with Crippen molar-refractivity contribution in [1.82, 2.24) is 4.90 Å². The van der Waals surface area contributed by atoms with E-state index in [0.717, 1.165) is 16.7 Å². The minimum absolute atomic E-state index is 0.358. The highest BCUT2D eigenvalue weighted by Gasteiger charge is 2.37. The van der Waals surface area contributed by atoms with Gasteiger partial charge < -0.3 is 23.8 Å². The van der Waals surface area contributed by atoms with E-state index < -0.39 is 11.2 Å². The standard InChI is InChI=1S/C31H39NO5/c1-30(2,3)37-29(33)32(4)20-21-34-22-23-35-24-25-36-31(26-14-8-5-9-15-26,27-16-10-6-11-17-27)28-18-12-7-13-19-28/h5-19H,20-25H2,1-4H3. The number of amides is 1. The smallest absolute Gasteiger partial charge is 0.410 e. The van der Waals surface area contributed by atoms with Gasteiger partial charge in [-0.2, -0.15) is 0 Å². The van der Waals surface area contributed by atoms with E-state index in [1.165, 1.54) is 4.90 Å². The highest BCUT2D eigenvalue weighted by atomic mass is 16.6. The molecule has 0 atom stereocenters. The number of hydrogen-bond donors (Lipinski definition) is 0. The summed E-state index contributed by atoms with van der Waals surface area (Å²) in [5.74, 6) is 0. The molecule has 0 N–H and O–H groups in total. The molecule has 0 unspecified atom stereocenters. The minimum atomic E-state index is -0.754. The van der Waals surface area contributed by atoms with E-state index in [1.807, 2.05) is 75.4 Å². The van der Waals surface area contributed by atoms with Crippen LogP contribution >= 0.6 is 0 Å². The maximum absolute atomic E-state index is 12.0. The van der Waals surface area contributed by atoms with Crippen molar-refractivity contribution in [1.29, 1.82) is 0 Å². The molecule has 0 aromatic heterocycles. The number of carbonyl (C=O) groups is 1. The number of rotatable bonds is 13. The van der Waals surface area contributed by atoms with E-state index in [2.05, 4.69) is 36.4 Å². The summed E-state index contributed by atoms with van der Waals surface area (Å²) in [5, 5.41) is 0. The third-order valence-corrected chi connectivity index (χ3v) is 5.74. The van der Waals surface area contributed by atoms with Gasteiger partial charge in [0.2, 0.25) is 0 Å². The summed E-state index contributed by atoms with van der Waals surface area (Å²) in [4.78, 5) is 13.5. The number of benzene rings is 3. The topological polar surface area (TPSA) is 57.2 Å². The summed E-state index contributed by atoms with van der Waals surface area (Å²) in [7, 11) is 1.70. The first-order valence-corrected chi connectivity index (χ1v) is 12.7. The Labute approximate surface area is 221 Å². The van der Waals surface area contributed by atoms with Crippen molar-refractivity contribution in [3.63, 3.8) is 0 Å². The molecular weight excluding hydrogens is 466 g/mol. The largest absolute Gasteiger partial charge is 0.444 e. The SMILES string of the molecule is CN(CCOCCOCCOC(c1ccccc1)(c1ccccc1)c1ccccc1)C(=O)OC(C)(C)C. The van der Waals surface area contributed by atoms with Crippen LogP contribution in [0.15, 0.2) is 91.0 Å². The van der Waals surface area contributed by atoms with Crippen LogP contribution in [0.1, 0.15) is 37.5 Å². The van der Waals surface area contributed by atoms with Gasteiger partial charge in [-0.05, 0) is 37.5 Å². The van der Waals surface area contributed by atoms with Gasteiger partial charge in [-0.25, -0.2) is 4.79 Å². The Morgan fingerprint density at radius 3 is 1.49 bits per heavy atom. The van der Waals surface area contributed by atoms with Crippen LogP contribution in [0.2, 0.25) is 0 Å². The number of likely N-dealkylation sites (N-methyl/N-ethyl adjacent to an activating group) is 1. The maximum Gasteiger partial charge on any atom is 0.410 e. The van der Waals surface area contributed by atoms with Gasteiger partial charge in [0.15, 0.2) is 0 Å². The molecule has 0 saturated carbocycles. The molecule has 0 aliphatic heterocycles. The Bertz CT molecular complexity index is 955. The molecule has 6 nitrogen and oxygen atoms in total. The molecule has 3 aromatic rings. The fourth-order valence-electron chi connectivity index (χ4n) is 3.98. The highest BCUT2D eigenvalue weighted by Crippen LogP contribution is 2.40. The van der Waals surface area contributed by atoms with Gasteiger partial charge in [0.05, 0.1) is 33.0 Å². The summed E-state index contributed by atoms with van der Waals surface area (Å²) in [5.41, 5.74) is 1.91. The normalized spacial score (nSPS) is 11.8. The number of ether oxygens (including phenoxy) is 4. The molecule has 0 radical (unpaired) electrons. The second-order valence-corrected chi connectivity index (χ2v) is 9.75. The predicted octanol–water partition coefficient (Wildman–Crippen LogP) is 5.90. The van der Waals surface area contributed by atoms with Crippen molar-refractivity contribution < 1.29 is 23.7 Å². The molecule has 0 aliphatic rings. The summed E-state index contributed by atoms with van der Waals surface area (Å²) < 4.78 is 23.5. The number of hydrogen-bond acceptors (Lipinski definition) is 5. The molecule has 0 fully saturated rings. The Morgan fingerprint density at radius 2 is 1.05 bits per heavy atom. The molecule has 0 aliphatic carbocycles. The van der Waals surface area contributed by atoms with E-state index in [1.54, 1.807) is 7.05 Å². The molecule has 0 heterocycles. The first-order chi connectivity index (χ1) is 17.8. The van der Waals surface area contributed by atoms with E-state index in [4.69, 9.17) is 18.9 Å². The summed E-state index contributed by atoms with van der Waals surface area (Å²) in [6, 6.07) is 30.8. The van der Waals surface area contributed by atoms with Crippen LogP contribution in [0.5, 0.6) is 0 Å². The molecule has 198 valence electrons. The zero-order valence-corrected chi connectivity index (χ0v) is 22.4. The molecule has 37 heavy (non-hydrogen) atoms. The van der Waals surface area contributed by atoms with E-state index >= 15 is 0 Å². The zero-order valence-electron chi connectivity index (χ0n) is 22.4. The van der Waals surface area contributed by atoms with Crippen LogP contribution in [-0.4, -0.2) is 63.2 Å². The minimum Gasteiger partial charge on any atom is -0.444 e. The lowest BCUT2D eigenvalue weighted by atomic mass is 9.80. The van der Waals surface area contributed by atoms with Gasteiger partial charge in [-0.15, -0.1) is 0 Å². The van der Waals surface area contributed by atoms with Crippen LogP contribution in [0.3, 0.4) is 0 Å². The van der Waals surface area contributed by atoms with Crippen molar-refractivity contribution in [3.05, 3.63) is 108 Å². The lowest BCUT2D eigenvalue weighted by Gasteiger charge is -2.36. The number of nitrogens with zero attached hydrogens (tertiary/aromatic N) is 1. The van der Waals surface area contributed by atoms with Gasteiger partial charge in [0, 0.05) is 13.6 Å². The predicted molar refractivity (Wildman–Crippen MR) is 146 cm³/mol.